The van der Waals surface area contributed by atoms with Crippen molar-refractivity contribution in [1.29, 1.82) is 0 Å². The quantitative estimate of drug-likeness (QED) is 0.298. The van der Waals surface area contributed by atoms with E-state index < -0.39 is 17.7 Å². The number of carbonyl (C=O) groups excluding carboxylic acids is 2. The highest BCUT2D eigenvalue weighted by atomic mass is 16.5. The number of carbonyl (C=O) groups is 2. The number of amides is 2. The molecular formula is C16H21N5O3. The summed E-state index contributed by atoms with van der Waals surface area (Å²) in [6.07, 6.45) is 0. The van der Waals surface area contributed by atoms with Gasteiger partial charge in [-0.05, 0) is 31.5 Å². The summed E-state index contributed by atoms with van der Waals surface area (Å²) in [6.45, 7) is 3.50. The molecule has 0 unspecified atom stereocenters. The van der Waals surface area contributed by atoms with Crippen LogP contribution in [0.1, 0.15) is 25.3 Å². The van der Waals surface area contributed by atoms with Crippen molar-refractivity contribution in [3.05, 3.63) is 52.4 Å². The van der Waals surface area contributed by atoms with Crippen molar-refractivity contribution < 1.29 is 14.3 Å². The van der Waals surface area contributed by atoms with E-state index in [0.717, 1.165) is 0 Å². The smallest absolute Gasteiger partial charge is 0.263 e. The largest absolute Gasteiger partial charge is 0.497 e. The number of allylic oxidation sites excluding steroid dienone is 2. The van der Waals surface area contributed by atoms with Gasteiger partial charge in [0.2, 0.25) is 0 Å². The van der Waals surface area contributed by atoms with Crippen LogP contribution >= 0.6 is 0 Å². The van der Waals surface area contributed by atoms with Gasteiger partial charge in [0.1, 0.15) is 5.75 Å². The highest BCUT2D eigenvalue weighted by molar-refractivity contribution is 6.03. The molecule has 0 aliphatic carbocycles. The molecule has 0 atom stereocenters. The highest BCUT2D eigenvalue weighted by Crippen LogP contribution is 2.38. The van der Waals surface area contributed by atoms with Gasteiger partial charge in [-0.2, -0.15) is 0 Å². The molecular weight excluding hydrogens is 310 g/mol. The van der Waals surface area contributed by atoms with Crippen molar-refractivity contribution in [2.24, 2.45) is 11.7 Å². The fourth-order valence-electron chi connectivity index (χ4n) is 2.91. The molecule has 1 heterocycles. The van der Waals surface area contributed by atoms with Gasteiger partial charge in [0.15, 0.2) is 0 Å². The van der Waals surface area contributed by atoms with E-state index in [-0.39, 0.29) is 0 Å². The van der Waals surface area contributed by atoms with Crippen molar-refractivity contribution in [3.63, 3.8) is 0 Å². The molecule has 1 aromatic rings. The molecule has 0 aromatic heterocycles. The summed E-state index contributed by atoms with van der Waals surface area (Å²) >= 11 is 0. The molecule has 1 aromatic carbocycles. The lowest BCUT2D eigenvalue weighted by molar-refractivity contribution is -0.118. The molecule has 0 radical (unpaired) electrons. The van der Waals surface area contributed by atoms with Crippen LogP contribution in [-0.2, 0) is 9.59 Å². The highest BCUT2D eigenvalue weighted by Gasteiger charge is 2.36. The molecule has 1 aliphatic rings. The van der Waals surface area contributed by atoms with E-state index in [1.807, 2.05) is 6.07 Å². The molecule has 1 aliphatic heterocycles. The third-order valence-electron chi connectivity index (χ3n) is 3.94. The van der Waals surface area contributed by atoms with Gasteiger partial charge in [0.25, 0.3) is 11.8 Å². The molecule has 0 bridgehead atoms. The summed E-state index contributed by atoms with van der Waals surface area (Å²) in [5, 5.41) is 3.03. The maximum Gasteiger partial charge on any atom is 0.263 e. The number of nitrogens with two attached hydrogens (primary N) is 2. The topological polar surface area (TPSA) is 132 Å². The molecule has 2 rings (SSSR count). The molecule has 0 fully saturated rings. The Morgan fingerprint density at radius 3 is 2.08 bits per heavy atom. The Balaban J connectivity index is 2.69. The number of ether oxygens (including phenoxy) is 1. The normalized spacial score (nSPS) is 15.0. The third kappa shape index (κ3) is 3.10. The fourth-order valence-corrected chi connectivity index (χ4v) is 2.91. The van der Waals surface area contributed by atoms with Crippen LogP contribution in [0.25, 0.3) is 0 Å². The van der Waals surface area contributed by atoms with Crippen molar-refractivity contribution >= 4 is 11.8 Å². The zero-order valence-corrected chi connectivity index (χ0v) is 13.8. The maximum atomic E-state index is 12.3. The maximum absolute atomic E-state index is 12.3. The average molecular weight is 331 g/mol. The first kappa shape index (κ1) is 17.5. The molecule has 0 spiro atoms. The van der Waals surface area contributed by atoms with Crippen LogP contribution in [0.15, 0.2) is 46.8 Å². The number of hydrazine groups is 2. The van der Waals surface area contributed by atoms with E-state index in [2.05, 4.69) is 16.2 Å². The van der Waals surface area contributed by atoms with Gasteiger partial charge in [0, 0.05) is 28.5 Å². The minimum Gasteiger partial charge on any atom is -0.497 e. The fraction of sp³-hybridized carbons (Fsp3) is 0.250. The summed E-state index contributed by atoms with van der Waals surface area (Å²) in [5.74, 6) is 9.66. The van der Waals surface area contributed by atoms with Gasteiger partial charge in [-0.15, -0.1) is 0 Å². The van der Waals surface area contributed by atoms with Crippen molar-refractivity contribution in [3.8, 4) is 5.75 Å². The SMILES string of the molecule is COc1cccc(C2C(C(=O)NN)=C(C)NC(C)=C2C(=O)NN)c1. The van der Waals surface area contributed by atoms with E-state index in [0.29, 0.717) is 33.9 Å². The second kappa shape index (κ2) is 7.16. The molecule has 2 amide bonds. The van der Waals surface area contributed by atoms with Crippen LogP contribution in [0.2, 0.25) is 0 Å². The van der Waals surface area contributed by atoms with E-state index in [9.17, 15) is 9.59 Å². The minimum atomic E-state index is -0.631. The van der Waals surface area contributed by atoms with Crippen LogP contribution in [-0.4, -0.2) is 18.9 Å². The summed E-state index contributed by atoms with van der Waals surface area (Å²) in [6, 6.07) is 7.15. The molecule has 7 N–H and O–H groups in total. The minimum absolute atomic E-state index is 0.343. The van der Waals surface area contributed by atoms with Gasteiger partial charge in [0.05, 0.1) is 7.11 Å². The lowest BCUT2D eigenvalue weighted by Gasteiger charge is -2.31. The Morgan fingerprint density at radius 2 is 1.62 bits per heavy atom. The molecule has 0 saturated heterocycles. The molecule has 0 saturated carbocycles. The van der Waals surface area contributed by atoms with E-state index in [1.54, 1.807) is 39.2 Å². The Bertz CT molecular complexity index is 701. The number of hydrogen-bond donors (Lipinski definition) is 5. The summed E-state index contributed by atoms with van der Waals surface area (Å²) in [4.78, 5) is 24.7. The average Bonchev–Trinajstić information content (AvgIpc) is 2.59. The summed E-state index contributed by atoms with van der Waals surface area (Å²) in [5.41, 5.74) is 6.88. The monoisotopic (exact) mass is 331 g/mol. The predicted molar refractivity (Wildman–Crippen MR) is 88.9 cm³/mol. The molecule has 24 heavy (non-hydrogen) atoms. The first-order valence-electron chi connectivity index (χ1n) is 7.29. The van der Waals surface area contributed by atoms with Crippen molar-refractivity contribution in [1.82, 2.24) is 16.2 Å². The Hall–Kier alpha value is -2.84. The first-order valence-corrected chi connectivity index (χ1v) is 7.29. The predicted octanol–water partition coefficient (Wildman–Crippen LogP) is -0.0902. The lowest BCUT2D eigenvalue weighted by atomic mass is 9.79. The third-order valence-corrected chi connectivity index (χ3v) is 3.94. The number of dihydropyridines is 1. The first-order chi connectivity index (χ1) is 11.4. The van der Waals surface area contributed by atoms with Gasteiger partial charge in [-0.1, -0.05) is 12.1 Å². The lowest BCUT2D eigenvalue weighted by Crippen LogP contribution is -2.42. The molecule has 8 heteroatoms. The van der Waals surface area contributed by atoms with Gasteiger partial charge >= 0.3 is 0 Å². The van der Waals surface area contributed by atoms with E-state index in [4.69, 9.17) is 16.4 Å². The van der Waals surface area contributed by atoms with Crippen LogP contribution < -0.4 is 32.6 Å². The van der Waals surface area contributed by atoms with Gasteiger partial charge in [-0.3, -0.25) is 20.4 Å². The number of hydrogen-bond acceptors (Lipinski definition) is 6. The van der Waals surface area contributed by atoms with E-state index >= 15 is 0 Å². The summed E-state index contributed by atoms with van der Waals surface area (Å²) in [7, 11) is 1.55. The molecule has 128 valence electrons. The Kier molecular flexibility index (Phi) is 5.22. The van der Waals surface area contributed by atoms with Crippen molar-refractivity contribution in [2.75, 3.05) is 7.11 Å². The van der Waals surface area contributed by atoms with Crippen LogP contribution in [0, 0.1) is 0 Å². The number of methoxy groups -OCH3 is 1. The van der Waals surface area contributed by atoms with Crippen molar-refractivity contribution in [2.45, 2.75) is 19.8 Å². The van der Waals surface area contributed by atoms with E-state index in [1.165, 1.54) is 0 Å². The van der Waals surface area contributed by atoms with Crippen LogP contribution in [0.4, 0.5) is 0 Å². The second-order valence-electron chi connectivity index (χ2n) is 5.36. The Labute approximate surface area is 139 Å². The van der Waals surface area contributed by atoms with Crippen LogP contribution in [0.5, 0.6) is 5.75 Å². The molecule has 8 nitrogen and oxygen atoms in total. The zero-order chi connectivity index (χ0) is 17.9. The second-order valence-corrected chi connectivity index (χ2v) is 5.36. The standard InChI is InChI=1S/C16H21N5O3/c1-8-12(15(22)20-17)14(10-5-4-6-11(7-10)24-3)13(9(2)19-8)16(23)21-18/h4-7,14,19H,17-18H2,1-3H3,(H,20,22)(H,21,23). The summed E-state index contributed by atoms with van der Waals surface area (Å²) < 4.78 is 5.25. The number of nitrogens with one attached hydrogen (secondary N) is 3. The van der Waals surface area contributed by atoms with Gasteiger partial charge < -0.3 is 10.1 Å². The zero-order valence-electron chi connectivity index (χ0n) is 13.8. The van der Waals surface area contributed by atoms with Crippen LogP contribution in [0.3, 0.4) is 0 Å². The number of benzene rings is 1. The Morgan fingerprint density at radius 1 is 1.08 bits per heavy atom. The number of rotatable bonds is 4. The van der Waals surface area contributed by atoms with Gasteiger partial charge in [-0.25, -0.2) is 11.7 Å².